The van der Waals surface area contributed by atoms with Crippen LogP contribution < -0.4 is 0 Å². The zero-order valence-electron chi connectivity index (χ0n) is 43.4. The van der Waals surface area contributed by atoms with Crippen molar-refractivity contribution in [3.8, 4) is 0 Å². The molecule has 0 aliphatic rings. The third-order valence-electron chi connectivity index (χ3n) is 11.2. The van der Waals surface area contributed by atoms with E-state index < -0.39 is 6.10 Å². The molecule has 67 heavy (non-hydrogen) atoms. The van der Waals surface area contributed by atoms with Crippen LogP contribution >= 0.6 is 0 Å². The normalized spacial score (nSPS) is 12.9. The Morgan fingerprint density at radius 1 is 0.313 bits per heavy atom. The summed E-state index contributed by atoms with van der Waals surface area (Å²) < 4.78 is 16.8. The van der Waals surface area contributed by atoms with Gasteiger partial charge >= 0.3 is 17.9 Å². The first-order valence-electron chi connectivity index (χ1n) is 27.4. The second-order valence-electron chi connectivity index (χ2n) is 17.8. The van der Waals surface area contributed by atoms with Crippen LogP contribution in [0.1, 0.15) is 239 Å². The van der Waals surface area contributed by atoms with Gasteiger partial charge < -0.3 is 14.2 Å². The molecule has 0 aliphatic heterocycles. The van der Waals surface area contributed by atoms with Gasteiger partial charge in [-0.05, 0) is 103 Å². The van der Waals surface area contributed by atoms with Crippen LogP contribution in [0.5, 0.6) is 0 Å². The molecule has 6 nitrogen and oxygen atoms in total. The largest absolute Gasteiger partial charge is 0.462 e. The number of carbonyl (C=O) groups excluding carboxylic acids is 3. The van der Waals surface area contributed by atoms with Crippen molar-refractivity contribution in [1.29, 1.82) is 0 Å². The number of hydrogen-bond acceptors (Lipinski definition) is 6. The number of ether oxygens (including phenoxy) is 3. The van der Waals surface area contributed by atoms with Crippen LogP contribution in [0.3, 0.4) is 0 Å². The van der Waals surface area contributed by atoms with Crippen molar-refractivity contribution in [3.05, 3.63) is 109 Å². The fourth-order valence-corrected chi connectivity index (χ4v) is 7.16. The van der Waals surface area contributed by atoms with Crippen molar-refractivity contribution in [2.45, 2.75) is 245 Å². The number of esters is 3. The van der Waals surface area contributed by atoms with Gasteiger partial charge in [-0.3, -0.25) is 14.4 Å². The minimum absolute atomic E-state index is 0.0945. The Hall–Kier alpha value is -3.93. The van der Waals surface area contributed by atoms with E-state index in [4.69, 9.17) is 14.2 Å². The van der Waals surface area contributed by atoms with Gasteiger partial charge in [0.05, 0.1) is 0 Å². The van der Waals surface area contributed by atoms with Crippen molar-refractivity contribution in [1.82, 2.24) is 0 Å². The molecule has 0 aliphatic carbocycles. The van der Waals surface area contributed by atoms with Crippen molar-refractivity contribution in [2.24, 2.45) is 0 Å². The summed E-state index contributed by atoms with van der Waals surface area (Å²) in [6.45, 7) is 6.40. The molecule has 380 valence electrons. The highest BCUT2D eigenvalue weighted by molar-refractivity contribution is 5.71. The van der Waals surface area contributed by atoms with Gasteiger partial charge in [0.25, 0.3) is 0 Å². The van der Waals surface area contributed by atoms with Gasteiger partial charge in [0.1, 0.15) is 13.2 Å². The Labute approximate surface area is 412 Å². The number of hydrogen-bond donors (Lipinski definition) is 0. The van der Waals surface area contributed by atoms with Gasteiger partial charge in [-0.2, -0.15) is 0 Å². The second kappa shape index (κ2) is 54.7. The lowest BCUT2D eigenvalue weighted by atomic mass is 10.1. The van der Waals surface area contributed by atoms with Crippen molar-refractivity contribution < 1.29 is 28.6 Å². The maximum Gasteiger partial charge on any atom is 0.306 e. The molecule has 0 aromatic heterocycles. The first kappa shape index (κ1) is 63.1. The highest BCUT2D eigenvalue weighted by Gasteiger charge is 2.19. The third-order valence-corrected chi connectivity index (χ3v) is 11.2. The molecule has 0 N–H and O–H groups in total. The maximum absolute atomic E-state index is 12.8. The monoisotopic (exact) mass is 929 g/mol. The van der Waals surface area contributed by atoms with Gasteiger partial charge in [-0.15, -0.1) is 0 Å². The highest BCUT2D eigenvalue weighted by Crippen LogP contribution is 2.14. The van der Waals surface area contributed by atoms with Crippen molar-refractivity contribution in [2.75, 3.05) is 13.2 Å². The van der Waals surface area contributed by atoms with Gasteiger partial charge in [0.2, 0.25) is 0 Å². The molecule has 1 unspecified atom stereocenters. The van der Waals surface area contributed by atoms with E-state index in [1.54, 1.807) is 0 Å². The Morgan fingerprint density at radius 2 is 0.612 bits per heavy atom. The minimum Gasteiger partial charge on any atom is -0.462 e. The quantitative estimate of drug-likeness (QED) is 0.0262. The number of allylic oxidation sites excluding steroid dienone is 18. The lowest BCUT2D eigenvalue weighted by Gasteiger charge is -2.18. The lowest BCUT2D eigenvalue weighted by molar-refractivity contribution is -0.167. The highest BCUT2D eigenvalue weighted by atomic mass is 16.6. The first-order valence-corrected chi connectivity index (χ1v) is 27.4. The summed E-state index contributed by atoms with van der Waals surface area (Å²) in [7, 11) is 0. The van der Waals surface area contributed by atoms with E-state index >= 15 is 0 Å². The summed E-state index contributed by atoms with van der Waals surface area (Å²) in [4.78, 5) is 38.0. The van der Waals surface area contributed by atoms with Crippen LogP contribution in [0.4, 0.5) is 0 Å². The molecule has 0 spiro atoms. The smallest absolute Gasteiger partial charge is 0.306 e. The van der Waals surface area contributed by atoms with E-state index in [9.17, 15) is 14.4 Å². The first-order chi connectivity index (χ1) is 33.0. The molecule has 0 aromatic carbocycles. The SMILES string of the molecule is CC/C=C\C/C=C\C/C=C\C/C=C\C/C=C\C/C=C\C/C=C\CCCCCC(=O)OCC(COC(=O)CCCCCCCCCCCCC)OC(=O)CCCCCCC/C=C\C/C=C\CCC. The summed E-state index contributed by atoms with van der Waals surface area (Å²) in [5.74, 6) is -0.947. The zero-order valence-corrected chi connectivity index (χ0v) is 43.4. The minimum atomic E-state index is -0.798. The van der Waals surface area contributed by atoms with E-state index in [0.717, 1.165) is 141 Å². The Balaban J connectivity index is 4.39. The van der Waals surface area contributed by atoms with Gasteiger partial charge in [-0.25, -0.2) is 0 Å². The van der Waals surface area contributed by atoms with E-state index in [-0.39, 0.29) is 31.1 Å². The average molecular weight is 929 g/mol. The van der Waals surface area contributed by atoms with Gasteiger partial charge in [-0.1, -0.05) is 226 Å². The standard InChI is InChI=1S/C61H100O6/c1-4-7-10-13-16-19-22-24-25-26-27-28-29-30-31-32-33-34-35-37-39-42-45-48-51-54-60(63)66-57-58(56-65-59(62)53-50-47-44-41-38-21-18-15-12-9-6-3)67-61(64)55-52-49-46-43-40-36-23-20-17-14-11-8-5-2/h7,10-11,14,16,19-20,23-25,27-28,30-31,33-34,37,39,58H,4-6,8-9,12-13,15,17-18,21-22,26,29,32,35-36,38,40-57H2,1-3H3/b10-7-,14-11-,19-16-,23-20-,25-24-,28-27-,31-30-,34-33-,39-37-. The Morgan fingerprint density at radius 3 is 0.985 bits per heavy atom. The molecule has 0 aromatic rings. The number of rotatable bonds is 48. The molecule has 0 amide bonds. The predicted octanol–water partition coefficient (Wildman–Crippen LogP) is 18.3. The summed E-state index contributed by atoms with van der Waals surface area (Å²) in [5.41, 5.74) is 0. The van der Waals surface area contributed by atoms with Crippen LogP contribution in [-0.2, 0) is 28.6 Å². The molecule has 0 heterocycles. The van der Waals surface area contributed by atoms with E-state index in [0.29, 0.717) is 19.3 Å². The molecular formula is C61H100O6. The van der Waals surface area contributed by atoms with E-state index in [1.165, 1.54) is 57.8 Å². The molecule has 0 rings (SSSR count). The predicted molar refractivity (Wildman–Crippen MR) is 288 cm³/mol. The van der Waals surface area contributed by atoms with Crippen molar-refractivity contribution in [3.63, 3.8) is 0 Å². The van der Waals surface area contributed by atoms with E-state index in [1.807, 2.05) is 0 Å². The number of carbonyl (C=O) groups is 3. The number of unbranched alkanes of at least 4 members (excludes halogenated alkanes) is 19. The van der Waals surface area contributed by atoms with Gasteiger partial charge in [0.15, 0.2) is 6.10 Å². The molecular weight excluding hydrogens is 829 g/mol. The molecule has 0 saturated heterocycles. The molecule has 0 radical (unpaired) electrons. The third kappa shape index (κ3) is 52.9. The van der Waals surface area contributed by atoms with Crippen molar-refractivity contribution >= 4 is 17.9 Å². The zero-order chi connectivity index (χ0) is 48.6. The molecule has 0 bridgehead atoms. The summed E-state index contributed by atoms with van der Waals surface area (Å²) in [6.07, 6.45) is 73.6. The van der Waals surface area contributed by atoms with Crippen LogP contribution in [0.2, 0.25) is 0 Å². The molecule has 0 saturated carbocycles. The lowest BCUT2D eigenvalue weighted by Crippen LogP contribution is -2.30. The molecule has 1 atom stereocenters. The summed E-state index contributed by atoms with van der Waals surface area (Å²) in [5, 5.41) is 0. The summed E-state index contributed by atoms with van der Waals surface area (Å²) >= 11 is 0. The van der Waals surface area contributed by atoms with Crippen LogP contribution in [0.25, 0.3) is 0 Å². The molecule has 6 heteroatoms. The average Bonchev–Trinajstić information content (AvgIpc) is 3.33. The van der Waals surface area contributed by atoms with Crippen LogP contribution in [0, 0.1) is 0 Å². The van der Waals surface area contributed by atoms with Crippen LogP contribution in [-0.4, -0.2) is 37.2 Å². The van der Waals surface area contributed by atoms with Crippen LogP contribution in [0.15, 0.2) is 109 Å². The van der Waals surface area contributed by atoms with E-state index in [2.05, 4.69) is 130 Å². The Bertz CT molecular complexity index is 1390. The molecule has 0 fully saturated rings. The van der Waals surface area contributed by atoms with Gasteiger partial charge in [0, 0.05) is 19.3 Å². The fraction of sp³-hybridized carbons (Fsp3) is 0.656. The summed E-state index contributed by atoms with van der Waals surface area (Å²) in [6, 6.07) is 0. The second-order valence-corrected chi connectivity index (χ2v) is 17.8. The Kier molecular flexibility index (Phi) is 51.5. The fourth-order valence-electron chi connectivity index (χ4n) is 7.16. The maximum atomic E-state index is 12.8. The topological polar surface area (TPSA) is 78.9 Å².